The second-order valence-corrected chi connectivity index (χ2v) is 5.26. The number of fused-ring (bicyclic) bond motifs is 1. The van der Waals surface area contributed by atoms with Gasteiger partial charge in [-0.2, -0.15) is 8.78 Å². The molecule has 7 heteroatoms. The first-order valence-electron chi connectivity index (χ1n) is 5.61. The normalized spacial score (nSPS) is 19.1. The Morgan fingerprint density at radius 1 is 1.37 bits per heavy atom. The van der Waals surface area contributed by atoms with Gasteiger partial charge in [0.25, 0.3) is 5.91 Å². The van der Waals surface area contributed by atoms with Crippen molar-refractivity contribution in [1.29, 1.82) is 0 Å². The molecule has 0 spiro atoms. The molecule has 0 saturated heterocycles. The predicted molar refractivity (Wildman–Crippen MR) is 63.6 cm³/mol. The maximum absolute atomic E-state index is 12.9. The highest BCUT2D eigenvalue weighted by molar-refractivity contribution is 7.99. The lowest BCUT2D eigenvalue weighted by Crippen LogP contribution is -2.46. The highest BCUT2D eigenvalue weighted by Crippen LogP contribution is 2.36. The van der Waals surface area contributed by atoms with Gasteiger partial charge >= 0.3 is 12.3 Å². The lowest BCUT2D eigenvalue weighted by molar-refractivity contribution is -0.170. The van der Waals surface area contributed by atoms with Crippen LogP contribution in [0.2, 0.25) is 0 Å². The Morgan fingerprint density at radius 2 is 2.05 bits per heavy atom. The first-order chi connectivity index (χ1) is 8.93. The molecule has 1 N–H and O–H groups in total. The molecule has 0 fully saturated rings. The van der Waals surface area contributed by atoms with Gasteiger partial charge in [-0.25, -0.2) is 8.78 Å². The molecule has 104 valence electrons. The maximum Gasteiger partial charge on any atom is 0.383 e. The molecule has 0 bridgehead atoms. The van der Waals surface area contributed by atoms with Crippen LogP contribution in [-0.2, 0) is 4.79 Å². The number of carbonyl (C=O) groups is 1. The van der Waals surface area contributed by atoms with Crippen molar-refractivity contribution in [3.8, 4) is 0 Å². The van der Waals surface area contributed by atoms with E-state index in [1.54, 1.807) is 30.0 Å². The van der Waals surface area contributed by atoms with E-state index in [2.05, 4.69) is 0 Å². The Hall–Kier alpha value is -1.24. The van der Waals surface area contributed by atoms with E-state index in [9.17, 15) is 22.4 Å². The standard InChI is InChI=1S/C12H11F4NOS/c13-10(14)12(15,16)11(18)17-8-5-6-19-9-4-2-1-3-7(8)9/h1-4,8,10H,5-6H2,(H,17,18). The molecular formula is C12H11F4NOS. The number of alkyl halides is 4. The van der Waals surface area contributed by atoms with Crippen molar-refractivity contribution in [2.75, 3.05) is 5.75 Å². The average Bonchev–Trinajstić information content (AvgIpc) is 2.39. The van der Waals surface area contributed by atoms with Crippen LogP contribution in [0.1, 0.15) is 18.0 Å². The molecule has 0 aromatic heterocycles. The Morgan fingerprint density at radius 3 is 2.74 bits per heavy atom. The molecule has 1 aromatic rings. The summed E-state index contributed by atoms with van der Waals surface area (Å²) in [5, 5.41) is 2.01. The molecule has 2 nitrogen and oxygen atoms in total. The van der Waals surface area contributed by atoms with E-state index in [0.29, 0.717) is 17.7 Å². The summed E-state index contributed by atoms with van der Waals surface area (Å²) in [5.41, 5.74) is 0.692. The van der Waals surface area contributed by atoms with Crippen molar-refractivity contribution in [2.24, 2.45) is 0 Å². The van der Waals surface area contributed by atoms with Crippen molar-refractivity contribution in [1.82, 2.24) is 5.32 Å². The van der Waals surface area contributed by atoms with Crippen LogP contribution in [0.25, 0.3) is 0 Å². The smallest absolute Gasteiger partial charge is 0.344 e. The van der Waals surface area contributed by atoms with Gasteiger partial charge in [0, 0.05) is 10.6 Å². The molecule has 1 amide bonds. The van der Waals surface area contributed by atoms with E-state index < -0.39 is 24.3 Å². The summed E-state index contributed by atoms with van der Waals surface area (Å²) >= 11 is 1.55. The molecule has 1 aromatic carbocycles. The summed E-state index contributed by atoms with van der Waals surface area (Å²) in [6, 6.07) is 6.38. The molecule has 19 heavy (non-hydrogen) atoms. The van der Waals surface area contributed by atoms with E-state index in [4.69, 9.17) is 0 Å². The number of benzene rings is 1. The first-order valence-corrected chi connectivity index (χ1v) is 6.60. The number of amides is 1. The minimum absolute atomic E-state index is 0.437. The average molecular weight is 293 g/mol. The van der Waals surface area contributed by atoms with E-state index in [1.165, 1.54) is 0 Å². The highest BCUT2D eigenvalue weighted by atomic mass is 32.2. The minimum Gasteiger partial charge on any atom is -0.344 e. The Bertz CT molecular complexity index is 481. The Kier molecular flexibility index (Phi) is 4.03. The number of rotatable bonds is 3. The second kappa shape index (κ2) is 5.40. The van der Waals surface area contributed by atoms with Gasteiger partial charge in [0.2, 0.25) is 0 Å². The van der Waals surface area contributed by atoms with Gasteiger partial charge in [-0.3, -0.25) is 4.79 Å². The van der Waals surface area contributed by atoms with Crippen LogP contribution in [0.5, 0.6) is 0 Å². The first kappa shape index (κ1) is 14.2. The molecular weight excluding hydrogens is 282 g/mol. The quantitative estimate of drug-likeness (QED) is 0.867. The zero-order valence-electron chi connectivity index (χ0n) is 9.71. The molecule has 1 atom stereocenters. The molecule has 1 aliphatic heterocycles. The molecule has 1 heterocycles. The fraction of sp³-hybridized carbons (Fsp3) is 0.417. The summed E-state index contributed by atoms with van der Waals surface area (Å²) in [6.45, 7) is 0. The van der Waals surface area contributed by atoms with Crippen LogP contribution in [-0.4, -0.2) is 24.0 Å². The van der Waals surface area contributed by atoms with E-state index in [1.807, 2.05) is 11.4 Å². The van der Waals surface area contributed by atoms with Gasteiger partial charge in [-0.15, -0.1) is 11.8 Å². The van der Waals surface area contributed by atoms with Crippen molar-refractivity contribution < 1.29 is 22.4 Å². The fourth-order valence-electron chi connectivity index (χ4n) is 1.85. The van der Waals surface area contributed by atoms with Crippen LogP contribution in [0.4, 0.5) is 17.6 Å². The lowest BCUT2D eigenvalue weighted by Gasteiger charge is -2.27. The van der Waals surface area contributed by atoms with Crippen LogP contribution in [0.3, 0.4) is 0 Å². The molecule has 1 aliphatic rings. The Balaban J connectivity index is 2.15. The van der Waals surface area contributed by atoms with Gasteiger partial charge in [-0.1, -0.05) is 18.2 Å². The topological polar surface area (TPSA) is 29.1 Å². The molecule has 0 radical (unpaired) electrons. The van der Waals surface area contributed by atoms with E-state index in [-0.39, 0.29) is 0 Å². The maximum atomic E-state index is 12.9. The van der Waals surface area contributed by atoms with Crippen molar-refractivity contribution >= 4 is 17.7 Å². The Labute approximate surface area is 111 Å². The SMILES string of the molecule is O=C(NC1CCSc2ccccc21)C(F)(F)C(F)F. The summed E-state index contributed by atoms with van der Waals surface area (Å²) in [4.78, 5) is 12.1. The summed E-state index contributed by atoms with van der Waals surface area (Å²) in [5.74, 6) is -5.93. The van der Waals surface area contributed by atoms with Crippen LogP contribution >= 0.6 is 11.8 Å². The molecule has 1 unspecified atom stereocenters. The summed E-state index contributed by atoms with van der Waals surface area (Å²) < 4.78 is 50.0. The second-order valence-electron chi connectivity index (χ2n) is 4.12. The fourth-order valence-corrected chi connectivity index (χ4v) is 2.97. The van der Waals surface area contributed by atoms with E-state index in [0.717, 1.165) is 4.90 Å². The van der Waals surface area contributed by atoms with Gasteiger partial charge in [0.1, 0.15) is 0 Å². The third-order valence-electron chi connectivity index (χ3n) is 2.84. The van der Waals surface area contributed by atoms with Gasteiger partial charge in [0.15, 0.2) is 0 Å². The highest BCUT2D eigenvalue weighted by Gasteiger charge is 2.49. The van der Waals surface area contributed by atoms with Crippen molar-refractivity contribution in [3.63, 3.8) is 0 Å². The number of hydrogen-bond donors (Lipinski definition) is 1. The van der Waals surface area contributed by atoms with E-state index >= 15 is 0 Å². The largest absolute Gasteiger partial charge is 0.383 e. The van der Waals surface area contributed by atoms with Crippen molar-refractivity contribution in [3.05, 3.63) is 29.8 Å². The number of thioether (sulfide) groups is 1. The minimum atomic E-state index is -4.65. The van der Waals surface area contributed by atoms with Crippen LogP contribution < -0.4 is 5.32 Å². The predicted octanol–water partition coefficient (Wildman–Crippen LogP) is 3.24. The zero-order chi connectivity index (χ0) is 14.0. The third-order valence-corrected chi connectivity index (χ3v) is 3.96. The monoisotopic (exact) mass is 293 g/mol. The summed E-state index contributed by atoms with van der Waals surface area (Å²) in [7, 11) is 0. The molecule has 2 rings (SSSR count). The zero-order valence-corrected chi connectivity index (χ0v) is 10.5. The third kappa shape index (κ3) is 2.86. The number of hydrogen-bond acceptors (Lipinski definition) is 2. The van der Waals surface area contributed by atoms with Gasteiger partial charge in [0.05, 0.1) is 6.04 Å². The van der Waals surface area contributed by atoms with Gasteiger partial charge < -0.3 is 5.32 Å². The number of carbonyl (C=O) groups excluding carboxylic acids is 1. The number of halogens is 4. The summed E-state index contributed by atoms with van der Waals surface area (Å²) in [6.07, 6.45) is -3.56. The molecule has 0 aliphatic carbocycles. The van der Waals surface area contributed by atoms with Gasteiger partial charge in [-0.05, 0) is 18.1 Å². The van der Waals surface area contributed by atoms with Crippen LogP contribution in [0, 0.1) is 0 Å². The van der Waals surface area contributed by atoms with Crippen molar-refractivity contribution in [2.45, 2.75) is 29.7 Å². The van der Waals surface area contributed by atoms with Crippen LogP contribution in [0.15, 0.2) is 29.2 Å². The molecule has 0 saturated carbocycles. The number of nitrogens with one attached hydrogen (secondary N) is 1. The lowest BCUT2D eigenvalue weighted by atomic mass is 10.0.